The highest BCUT2D eigenvalue weighted by Gasteiger charge is 2.47. The first-order valence-electron chi connectivity index (χ1n) is 5.65. The highest BCUT2D eigenvalue weighted by atomic mass is 14.9. The Kier molecular flexibility index (Phi) is 2.81. The fourth-order valence-electron chi connectivity index (χ4n) is 2.38. The Morgan fingerprint density at radius 2 is 2.07 bits per heavy atom. The van der Waals surface area contributed by atoms with Crippen LogP contribution in [0.2, 0.25) is 0 Å². The third kappa shape index (κ3) is 1.92. The summed E-state index contributed by atoms with van der Waals surface area (Å²) in [4.78, 5) is 0. The van der Waals surface area contributed by atoms with E-state index < -0.39 is 0 Å². The van der Waals surface area contributed by atoms with E-state index in [1.54, 1.807) is 0 Å². The second kappa shape index (κ2) is 3.95. The molecule has 0 spiro atoms. The third-order valence-corrected chi connectivity index (χ3v) is 3.60. The number of nitrogens with one attached hydrogen (secondary N) is 1. The molecule has 0 amide bonds. The Balaban J connectivity index is 2.21. The van der Waals surface area contributed by atoms with Gasteiger partial charge in [0.1, 0.15) is 0 Å². The van der Waals surface area contributed by atoms with Crippen LogP contribution in [-0.4, -0.2) is 13.6 Å². The highest BCUT2D eigenvalue weighted by molar-refractivity contribution is 5.31. The molecule has 0 aromatic heterocycles. The maximum atomic E-state index is 6.38. The van der Waals surface area contributed by atoms with Crippen LogP contribution in [0.1, 0.15) is 30.0 Å². The van der Waals surface area contributed by atoms with Gasteiger partial charge in [-0.1, -0.05) is 24.3 Å². The van der Waals surface area contributed by atoms with E-state index >= 15 is 0 Å². The Morgan fingerprint density at radius 3 is 2.60 bits per heavy atom. The highest BCUT2D eigenvalue weighted by Crippen LogP contribution is 2.53. The summed E-state index contributed by atoms with van der Waals surface area (Å²) in [5, 5.41) is 3.26. The Bertz CT molecular complexity index is 342. The van der Waals surface area contributed by atoms with Gasteiger partial charge in [0.2, 0.25) is 0 Å². The van der Waals surface area contributed by atoms with Gasteiger partial charge in [-0.05, 0) is 37.9 Å². The fraction of sp³-hybridized carbons (Fsp3) is 0.538. The van der Waals surface area contributed by atoms with Crippen LogP contribution in [0.5, 0.6) is 0 Å². The summed E-state index contributed by atoms with van der Waals surface area (Å²) in [5.74, 6) is 0. The molecule has 0 heterocycles. The van der Waals surface area contributed by atoms with Gasteiger partial charge >= 0.3 is 0 Å². The lowest BCUT2D eigenvalue weighted by molar-refractivity contribution is 0.391. The van der Waals surface area contributed by atoms with Gasteiger partial charge in [0.15, 0.2) is 0 Å². The number of hydrogen-bond acceptors (Lipinski definition) is 2. The summed E-state index contributed by atoms with van der Waals surface area (Å²) in [6, 6.07) is 8.65. The molecule has 1 saturated carbocycles. The van der Waals surface area contributed by atoms with Gasteiger partial charge < -0.3 is 11.1 Å². The van der Waals surface area contributed by atoms with Crippen molar-refractivity contribution in [3.8, 4) is 0 Å². The SMILES string of the molecule is CNCC1(C(N)c2ccccc2C)CC1. The first-order valence-corrected chi connectivity index (χ1v) is 5.65. The second-order valence-corrected chi connectivity index (χ2v) is 4.73. The van der Waals surface area contributed by atoms with Crippen LogP contribution < -0.4 is 11.1 Å². The molecule has 2 heteroatoms. The molecule has 0 aliphatic heterocycles. The average Bonchev–Trinajstić information content (AvgIpc) is 2.99. The quantitative estimate of drug-likeness (QED) is 0.787. The minimum Gasteiger partial charge on any atom is -0.323 e. The Hall–Kier alpha value is -0.860. The molecule has 1 fully saturated rings. The predicted molar refractivity (Wildman–Crippen MR) is 63.7 cm³/mol. The number of nitrogens with two attached hydrogens (primary N) is 1. The molecule has 2 nitrogen and oxygen atoms in total. The maximum Gasteiger partial charge on any atom is 0.0366 e. The molecule has 0 radical (unpaired) electrons. The summed E-state index contributed by atoms with van der Waals surface area (Å²) in [7, 11) is 2.00. The van der Waals surface area contributed by atoms with Crippen LogP contribution in [-0.2, 0) is 0 Å². The summed E-state index contributed by atoms with van der Waals surface area (Å²) in [5.41, 5.74) is 9.33. The average molecular weight is 204 g/mol. The number of aryl methyl sites for hydroxylation is 1. The maximum absolute atomic E-state index is 6.38. The van der Waals surface area contributed by atoms with Crippen molar-refractivity contribution in [2.45, 2.75) is 25.8 Å². The molecule has 1 aliphatic carbocycles. The summed E-state index contributed by atoms with van der Waals surface area (Å²) >= 11 is 0. The summed E-state index contributed by atoms with van der Waals surface area (Å²) < 4.78 is 0. The number of hydrogen-bond donors (Lipinski definition) is 2. The monoisotopic (exact) mass is 204 g/mol. The molecule has 1 aromatic carbocycles. The van der Waals surface area contributed by atoms with E-state index in [0.717, 1.165) is 6.54 Å². The van der Waals surface area contributed by atoms with Crippen molar-refractivity contribution < 1.29 is 0 Å². The minimum absolute atomic E-state index is 0.186. The van der Waals surface area contributed by atoms with Crippen LogP contribution in [0.25, 0.3) is 0 Å². The van der Waals surface area contributed by atoms with Crippen LogP contribution in [0, 0.1) is 12.3 Å². The van der Waals surface area contributed by atoms with E-state index in [2.05, 4.69) is 36.5 Å². The summed E-state index contributed by atoms with van der Waals surface area (Å²) in [6.07, 6.45) is 2.51. The topological polar surface area (TPSA) is 38.0 Å². The summed E-state index contributed by atoms with van der Waals surface area (Å²) in [6.45, 7) is 3.17. The van der Waals surface area contributed by atoms with Crippen molar-refractivity contribution in [1.82, 2.24) is 5.32 Å². The van der Waals surface area contributed by atoms with Gasteiger partial charge in [0.25, 0.3) is 0 Å². The van der Waals surface area contributed by atoms with Crippen molar-refractivity contribution in [3.63, 3.8) is 0 Å². The molecule has 3 N–H and O–H groups in total. The zero-order valence-electron chi connectivity index (χ0n) is 9.59. The van der Waals surface area contributed by atoms with Crippen molar-refractivity contribution >= 4 is 0 Å². The first kappa shape index (κ1) is 10.7. The van der Waals surface area contributed by atoms with E-state index in [-0.39, 0.29) is 6.04 Å². The van der Waals surface area contributed by atoms with Crippen molar-refractivity contribution in [1.29, 1.82) is 0 Å². The lowest BCUT2D eigenvalue weighted by Crippen LogP contribution is -2.31. The van der Waals surface area contributed by atoms with E-state index in [4.69, 9.17) is 5.73 Å². The minimum atomic E-state index is 0.186. The molecule has 1 aromatic rings. The van der Waals surface area contributed by atoms with E-state index in [1.165, 1.54) is 24.0 Å². The van der Waals surface area contributed by atoms with Crippen LogP contribution in [0.15, 0.2) is 24.3 Å². The van der Waals surface area contributed by atoms with Gasteiger partial charge in [-0.15, -0.1) is 0 Å². The van der Waals surface area contributed by atoms with Crippen LogP contribution in [0.3, 0.4) is 0 Å². The Morgan fingerprint density at radius 1 is 1.40 bits per heavy atom. The van der Waals surface area contributed by atoms with Crippen LogP contribution >= 0.6 is 0 Å². The largest absolute Gasteiger partial charge is 0.323 e. The van der Waals surface area contributed by atoms with E-state index in [9.17, 15) is 0 Å². The van der Waals surface area contributed by atoms with Crippen molar-refractivity contribution in [2.75, 3.05) is 13.6 Å². The van der Waals surface area contributed by atoms with E-state index in [1.807, 2.05) is 7.05 Å². The van der Waals surface area contributed by atoms with Gasteiger partial charge in [0.05, 0.1) is 0 Å². The molecule has 2 rings (SSSR count). The second-order valence-electron chi connectivity index (χ2n) is 4.73. The lowest BCUT2D eigenvalue weighted by Gasteiger charge is -2.24. The zero-order chi connectivity index (χ0) is 10.9. The molecule has 15 heavy (non-hydrogen) atoms. The third-order valence-electron chi connectivity index (χ3n) is 3.60. The van der Waals surface area contributed by atoms with Gasteiger partial charge in [0, 0.05) is 18.0 Å². The smallest absolute Gasteiger partial charge is 0.0366 e. The van der Waals surface area contributed by atoms with Crippen molar-refractivity contribution in [2.24, 2.45) is 11.1 Å². The Labute approximate surface area is 91.9 Å². The standard InChI is InChI=1S/C13H20N2/c1-10-5-3-4-6-11(10)12(14)13(7-8-13)9-15-2/h3-6,12,15H,7-9,14H2,1-2H3. The molecular weight excluding hydrogens is 184 g/mol. The molecule has 82 valence electrons. The number of rotatable bonds is 4. The van der Waals surface area contributed by atoms with E-state index in [0.29, 0.717) is 5.41 Å². The molecule has 0 bridgehead atoms. The van der Waals surface area contributed by atoms with Gasteiger partial charge in [-0.3, -0.25) is 0 Å². The number of benzene rings is 1. The molecule has 1 aliphatic rings. The predicted octanol–water partition coefficient (Wildman–Crippen LogP) is 1.99. The van der Waals surface area contributed by atoms with Crippen LogP contribution in [0.4, 0.5) is 0 Å². The van der Waals surface area contributed by atoms with Crippen molar-refractivity contribution in [3.05, 3.63) is 35.4 Å². The fourth-order valence-corrected chi connectivity index (χ4v) is 2.38. The normalized spacial score (nSPS) is 19.9. The first-order chi connectivity index (χ1) is 7.19. The van der Waals surface area contributed by atoms with Gasteiger partial charge in [-0.2, -0.15) is 0 Å². The zero-order valence-corrected chi connectivity index (χ0v) is 9.59. The van der Waals surface area contributed by atoms with Gasteiger partial charge in [-0.25, -0.2) is 0 Å². The molecule has 1 atom stereocenters. The molecule has 0 saturated heterocycles. The lowest BCUT2D eigenvalue weighted by atomic mass is 9.88. The molecule has 1 unspecified atom stereocenters. The molecular formula is C13H20N2.